The molecular formula is C12H10ClF3O. The Hall–Kier alpha value is -1.29. The molecule has 0 aliphatic carbocycles. The van der Waals surface area contributed by atoms with Gasteiger partial charge in [-0.1, -0.05) is 12.1 Å². The van der Waals surface area contributed by atoms with Crippen molar-refractivity contribution in [2.75, 3.05) is 0 Å². The highest BCUT2D eigenvalue weighted by molar-refractivity contribution is 6.65. The summed E-state index contributed by atoms with van der Waals surface area (Å²) in [7, 11) is 0. The molecule has 0 fully saturated rings. The van der Waals surface area contributed by atoms with Crippen molar-refractivity contribution in [3.05, 3.63) is 47.8 Å². The molecule has 1 rings (SSSR count). The first-order chi connectivity index (χ1) is 7.84. The molecular weight excluding hydrogens is 253 g/mol. The molecule has 1 aromatic carbocycles. The number of allylic oxidation sites excluding steroid dienone is 1. The van der Waals surface area contributed by atoms with Gasteiger partial charge in [0.05, 0.1) is 5.41 Å². The van der Waals surface area contributed by atoms with E-state index in [0.29, 0.717) is 0 Å². The van der Waals surface area contributed by atoms with Crippen LogP contribution < -0.4 is 0 Å². The Kier molecular flexibility index (Phi) is 3.98. The average Bonchev–Trinajstić information content (AvgIpc) is 2.26. The molecule has 0 radical (unpaired) electrons. The monoisotopic (exact) mass is 262 g/mol. The summed E-state index contributed by atoms with van der Waals surface area (Å²) in [4.78, 5) is 11.3. The highest BCUT2D eigenvalue weighted by Crippen LogP contribution is 2.33. The Labute approximate surface area is 102 Å². The van der Waals surface area contributed by atoms with E-state index in [-0.39, 0.29) is 12.0 Å². The molecule has 0 saturated heterocycles. The number of benzene rings is 1. The van der Waals surface area contributed by atoms with Gasteiger partial charge in [-0.25, -0.2) is 13.2 Å². The van der Waals surface area contributed by atoms with Crippen molar-refractivity contribution in [1.29, 1.82) is 0 Å². The zero-order chi connectivity index (χ0) is 13.2. The van der Waals surface area contributed by atoms with Crippen molar-refractivity contribution in [1.82, 2.24) is 0 Å². The summed E-state index contributed by atoms with van der Waals surface area (Å²) in [6.45, 7) is 4.77. The largest absolute Gasteiger partial charge is 0.280 e. The summed E-state index contributed by atoms with van der Waals surface area (Å²) in [6, 6.07) is 1.77. The lowest BCUT2D eigenvalue weighted by molar-refractivity contribution is -0.116. The molecule has 0 bridgehead atoms. The Morgan fingerprint density at radius 1 is 1.41 bits per heavy atom. The van der Waals surface area contributed by atoms with Crippen molar-refractivity contribution >= 4 is 16.8 Å². The maximum Gasteiger partial charge on any atom is 0.232 e. The standard InChI is InChI=1S/C12H10ClF3O/c1-3-6-12(2,11(13)17)7-4-5-8(14)10(16)9(7)15/h3-5H,1,6H2,2H3. The number of hydrogen-bond acceptors (Lipinski definition) is 1. The van der Waals surface area contributed by atoms with Crippen LogP contribution in [0, 0.1) is 17.5 Å². The van der Waals surface area contributed by atoms with Gasteiger partial charge in [0.15, 0.2) is 17.5 Å². The smallest absolute Gasteiger partial charge is 0.232 e. The predicted octanol–water partition coefficient (Wildman–Crippen LogP) is 3.70. The number of carbonyl (C=O) groups excluding carboxylic acids is 1. The van der Waals surface area contributed by atoms with E-state index < -0.39 is 28.1 Å². The molecule has 1 nitrogen and oxygen atoms in total. The Balaban J connectivity index is 3.44. The van der Waals surface area contributed by atoms with Crippen LogP contribution in [0.25, 0.3) is 0 Å². The third-order valence-electron chi connectivity index (χ3n) is 2.62. The normalized spacial score (nSPS) is 14.2. The van der Waals surface area contributed by atoms with Crippen LogP contribution in [0.2, 0.25) is 0 Å². The summed E-state index contributed by atoms with van der Waals surface area (Å²) in [5.41, 5.74) is -1.74. The van der Waals surface area contributed by atoms with E-state index in [0.717, 1.165) is 12.1 Å². The molecule has 17 heavy (non-hydrogen) atoms. The first-order valence-corrected chi connectivity index (χ1v) is 5.17. The molecule has 0 aliphatic rings. The van der Waals surface area contributed by atoms with E-state index in [9.17, 15) is 18.0 Å². The van der Waals surface area contributed by atoms with Crippen LogP contribution in [0.1, 0.15) is 18.9 Å². The van der Waals surface area contributed by atoms with Gasteiger partial charge in [0, 0.05) is 5.56 Å². The van der Waals surface area contributed by atoms with Crippen LogP contribution in [-0.2, 0) is 10.2 Å². The molecule has 0 N–H and O–H groups in total. The van der Waals surface area contributed by atoms with E-state index in [1.54, 1.807) is 0 Å². The highest BCUT2D eigenvalue weighted by atomic mass is 35.5. The molecule has 0 heterocycles. The lowest BCUT2D eigenvalue weighted by Gasteiger charge is -2.25. The van der Waals surface area contributed by atoms with E-state index >= 15 is 0 Å². The van der Waals surface area contributed by atoms with Crippen LogP contribution in [-0.4, -0.2) is 5.24 Å². The van der Waals surface area contributed by atoms with E-state index in [4.69, 9.17) is 11.6 Å². The minimum atomic E-state index is -1.62. The fraction of sp³-hybridized carbons (Fsp3) is 0.250. The molecule has 0 spiro atoms. The fourth-order valence-corrected chi connectivity index (χ4v) is 1.72. The number of rotatable bonds is 4. The molecule has 5 heteroatoms. The second-order valence-electron chi connectivity index (χ2n) is 3.82. The van der Waals surface area contributed by atoms with Crippen LogP contribution in [0.3, 0.4) is 0 Å². The lowest BCUT2D eigenvalue weighted by atomic mass is 9.80. The topological polar surface area (TPSA) is 17.1 Å². The van der Waals surface area contributed by atoms with Gasteiger partial charge in [-0.2, -0.15) is 0 Å². The van der Waals surface area contributed by atoms with Crippen molar-refractivity contribution in [2.24, 2.45) is 0 Å². The number of carbonyl (C=O) groups is 1. The van der Waals surface area contributed by atoms with Gasteiger partial charge in [-0.05, 0) is 31.0 Å². The zero-order valence-electron chi connectivity index (χ0n) is 9.07. The number of halogens is 4. The summed E-state index contributed by atoms with van der Waals surface area (Å²) in [5, 5.41) is -0.859. The maximum absolute atomic E-state index is 13.6. The summed E-state index contributed by atoms with van der Waals surface area (Å²) in [5.74, 6) is -4.33. The Morgan fingerprint density at radius 2 is 2.00 bits per heavy atom. The predicted molar refractivity (Wildman–Crippen MR) is 59.3 cm³/mol. The molecule has 1 atom stereocenters. The van der Waals surface area contributed by atoms with Crippen molar-refractivity contribution in [3.63, 3.8) is 0 Å². The van der Waals surface area contributed by atoms with Crippen LogP contribution in [0.15, 0.2) is 24.8 Å². The molecule has 0 aromatic heterocycles. The quantitative estimate of drug-likeness (QED) is 0.459. The SMILES string of the molecule is C=CCC(C)(C(=O)Cl)c1ccc(F)c(F)c1F. The molecule has 1 unspecified atom stereocenters. The third kappa shape index (κ3) is 2.36. The molecule has 0 saturated carbocycles. The minimum Gasteiger partial charge on any atom is -0.280 e. The van der Waals surface area contributed by atoms with Gasteiger partial charge in [0.2, 0.25) is 5.24 Å². The Morgan fingerprint density at radius 3 is 2.47 bits per heavy atom. The first kappa shape index (κ1) is 13.8. The zero-order valence-corrected chi connectivity index (χ0v) is 9.82. The number of hydrogen-bond donors (Lipinski definition) is 0. The third-order valence-corrected chi connectivity index (χ3v) is 3.03. The second kappa shape index (κ2) is 4.92. The van der Waals surface area contributed by atoms with Crippen LogP contribution in [0.4, 0.5) is 13.2 Å². The average molecular weight is 263 g/mol. The van der Waals surface area contributed by atoms with Gasteiger partial charge < -0.3 is 0 Å². The lowest BCUT2D eigenvalue weighted by Crippen LogP contribution is -2.30. The van der Waals surface area contributed by atoms with Gasteiger partial charge in [0.25, 0.3) is 0 Å². The molecule has 1 aromatic rings. The summed E-state index contributed by atoms with van der Waals surface area (Å²) >= 11 is 5.39. The second-order valence-corrected chi connectivity index (χ2v) is 4.16. The minimum absolute atomic E-state index is 0.0251. The van der Waals surface area contributed by atoms with Crippen molar-refractivity contribution in [3.8, 4) is 0 Å². The van der Waals surface area contributed by atoms with Crippen LogP contribution >= 0.6 is 11.6 Å². The van der Waals surface area contributed by atoms with Gasteiger partial charge in [-0.15, -0.1) is 6.58 Å². The van der Waals surface area contributed by atoms with E-state index in [1.165, 1.54) is 13.0 Å². The molecule has 0 aliphatic heterocycles. The maximum atomic E-state index is 13.6. The summed E-state index contributed by atoms with van der Waals surface area (Å²) in [6.07, 6.45) is 1.39. The van der Waals surface area contributed by atoms with E-state index in [1.807, 2.05) is 0 Å². The van der Waals surface area contributed by atoms with Gasteiger partial charge >= 0.3 is 0 Å². The molecule has 92 valence electrons. The Bertz CT molecular complexity index is 473. The fourth-order valence-electron chi connectivity index (χ4n) is 1.54. The molecule has 0 amide bonds. The van der Waals surface area contributed by atoms with Crippen molar-refractivity contribution in [2.45, 2.75) is 18.8 Å². The highest BCUT2D eigenvalue weighted by Gasteiger charge is 2.36. The first-order valence-electron chi connectivity index (χ1n) is 4.79. The van der Waals surface area contributed by atoms with Crippen molar-refractivity contribution < 1.29 is 18.0 Å². The van der Waals surface area contributed by atoms with Crippen LogP contribution in [0.5, 0.6) is 0 Å². The van der Waals surface area contributed by atoms with Gasteiger partial charge in [0.1, 0.15) is 0 Å². The summed E-state index contributed by atoms with van der Waals surface area (Å²) < 4.78 is 39.5. The van der Waals surface area contributed by atoms with E-state index in [2.05, 4.69) is 6.58 Å². The van der Waals surface area contributed by atoms with Gasteiger partial charge in [-0.3, -0.25) is 4.79 Å².